The topological polar surface area (TPSA) is 25.8 Å². The highest BCUT2D eigenvalue weighted by molar-refractivity contribution is 9.10. The Morgan fingerprint density at radius 3 is 2.42 bits per heavy atom. The van der Waals surface area contributed by atoms with Crippen molar-refractivity contribution in [2.75, 3.05) is 0 Å². The minimum absolute atomic E-state index is 0.0940. The first-order valence-electron chi connectivity index (χ1n) is 3.60. The highest BCUT2D eigenvalue weighted by Gasteiger charge is 2.17. The number of nitrogens with zero attached hydrogens (tertiary/aromatic N) is 2. The molecule has 1 aromatic heterocycles. The Morgan fingerprint density at radius 1 is 1.42 bits per heavy atom. The fourth-order valence-electron chi connectivity index (χ4n) is 0.713. The van der Waals surface area contributed by atoms with Gasteiger partial charge >= 0.3 is 0 Å². The number of halogens is 2. The van der Waals surface area contributed by atoms with Crippen LogP contribution < -0.4 is 0 Å². The summed E-state index contributed by atoms with van der Waals surface area (Å²) in [7, 11) is 0. The third-order valence-electron chi connectivity index (χ3n) is 1.46. The van der Waals surface area contributed by atoms with E-state index in [0.29, 0.717) is 0 Å². The molecular weight excluding hydrogens is 223 g/mol. The van der Waals surface area contributed by atoms with Gasteiger partial charge in [0.25, 0.3) is 0 Å². The van der Waals surface area contributed by atoms with Gasteiger partial charge < -0.3 is 0 Å². The fourth-order valence-corrected chi connectivity index (χ4v) is 1.01. The van der Waals surface area contributed by atoms with E-state index in [4.69, 9.17) is 0 Å². The smallest absolute Gasteiger partial charge is 0.239 e. The van der Waals surface area contributed by atoms with E-state index in [1.54, 1.807) is 0 Å². The molecule has 0 unspecified atom stereocenters. The number of hydrogen-bond acceptors (Lipinski definition) is 2. The average Bonchev–Trinajstić information content (AvgIpc) is 1.92. The third-order valence-corrected chi connectivity index (χ3v) is 1.96. The van der Waals surface area contributed by atoms with Gasteiger partial charge in [-0.1, -0.05) is 20.8 Å². The van der Waals surface area contributed by atoms with E-state index in [1.165, 1.54) is 6.20 Å². The molecule has 2 nitrogen and oxygen atoms in total. The van der Waals surface area contributed by atoms with Crippen molar-refractivity contribution in [3.05, 3.63) is 22.4 Å². The average molecular weight is 233 g/mol. The maximum Gasteiger partial charge on any atom is 0.245 e. The first-order chi connectivity index (χ1) is 5.41. The molecule has 0 radical (unpaired) electrons. The van der Waals surface area contributed by atoms with Crippen LogP contribution in [0.3, 0.4) is 0 Å². The van der Waals surface area contributed by atoms with Gasteiger partial charge in [-0.25, -0.2) is 9.97 Å². The van der Waals surface area contributed by atoms with E-state index in [-0.39, 0.29) is 10.0 Å². The molecule has 1 aromatic rings. The molecule has 0 aliphatic carbocycles. The maximum absolute atomic E-state index is 12.7. The summed E-state index contributed by atoms with van der Waals surface area (Å²) in [4.78, 5) is 7.59. The van der Waals surface area contributed by atoms with Gasteiger partial charge in [-0.15, -0.1) is 0 Å². The van der Waals surface area contributed by atoms with Crippen LogP contribution in [0.25, 0.3) is 0 Å². The summed E-state index contributed by atoms with van der Waals surface area (Å²) < 4.78 is 12.8. The van der Waals surface area contributed by atoms with Gasteiger partial charge in [-0.3, -0.25) is 0 Å². The lowest BCUT2D eigenvalue weighted by Crippen LogP contribution is -2.14. The Bertz CT molecular complexity index is 294. The van der Waals surface area contributed by atoms with Crippen LogP contribution in [0.2, 0.25) is 0 Å². The minimum atomic E-state index is -0.567. The summed E-state index contributed by atoms with van der Waals surface area (Å²) in [5.74, 6) is -0.567. The summed E-state index contributed by atoms with van der Waals surface area (Å²) in [5.41, 5.74) is 0.680. The van der Waals surface area contributed by atoms with E-state index in [2.05, 4.69) is 25.9 Å². The Kier molecular flexibility index (Phi) is 2.46. The number of aromatic nitrogens is 2. The Balaban J connectivity index is 3.14. The van der Waals surface area contributed by atoms with Crippen LogP contribution in [0.4, 0.5) is 4.39 Å². The molecule has 0 bridgehead atoms. The molecular formula is C8H10BrFN2. The summed E-state index contributed by atoms with van der Waals surface area (Å²) in [5, 5.41) is 0. The van der Waals surface area contributed by atoms with E-state index in [0.717, 1.165) is 5.69 Å². The largest absolute Gasteiger partial charge is 0.245 e. The number of rotatable bonds is 0. The molecule has 0 atom stereocenters. The standard InChI is InChI=1S/C8H10BrFN2/c1-8(2,3)5-4-11-7(10)6(9)12-5/h4H,1-3H3. The lowest BCUT2D eigenvalue weighted by Gasteiger charge is -2.16. The second-order valence-corrected chi connectivity index (χ2v) is 4.34. The summed E-state index contributed by atoms with van der Waals surface area (Å²) in [6.07, 6.45) is 1.46. The molecule has 0 aliphatic heterocycles. The Hall–Kier alpha value is -0.510. The molecule has 4 heteroatoms. The third kappa shape index (κ3) is 2.00. The molecule has 0 saturated heterocycles. The summed E-state index contributed by atoms with van der Waals surface area (Å²) >= 11 is 2.99. The van der Waals surface area contributed by atoms with Crippen LogP contribution >= 0.6 is 15.9 Å². The van der Waals surface area contributed by atoms with Gasteiger partial charge in [0.2, 0.25) is 5.95 Å². The zero-order valence-electron chi connectivity index (χ0n) is 7.23. The van der Waals surface area contributed by atoms with Crippen LogP contribution in [0.1, 0.15) is 26.5 Å². The molecule has 0 aromatic carbocycles. The van der Waals surface area contributed by atoms with Crippen LogP contribution in [-0.4, -0.2) is 9.97 Å². The molecule has 0 amide bonds. The van der Waals surface area contributed by atoms with Gasteiger partial charge in [-0.2, -0.15) is 4.39 Å². The van der Waals surface area contributed by atoms with Crippen LogP contribution in [0.5, 0.6) is 0 Å². The van der Waals surface area contributed by atoms with Crippen molar-refractivity contribution in [2.45, 2.75) is 26.2 Å². The van der Waals surface area contributed by atoms with Crippen LogP contribution in [-0.2, 0) is 5.41 Å². The molecule has 66 valence electrons. The first-order valence-corrected chi connectivity index (χ1v) is 4.39. The van der Waals surface area contributed by atoms with Crippen molar-refractivity contribution >= 4 is 15.9 Å². The van der Waals surface area contributed by atoms with Crippen LogP contribution in [0, 0.1) is 5.95 Å². The van der Waals surface area contributed by atoms with Gasteiger partial charge in [0.05, 0.1) is 11.9 Å². The maximum atomic E-state index is 12.7. The highest BCUT2D eigenvalue weighted by atomic mass is 79.9. The fraction of sp³-hybridized carbons (Fsp3) is 0.500. The minimum Gasteiger partial charge on any atom is -0.239 e. The predicted octanol–water partition coefficient (Wildman–Crippen LogP) is 2.68. The van der Waals surface area contributed by atoms with Crippen molar-refractivity contribution < 1.29 is 4.39 Å². The molecule has 0 saturated carbocycles. The highest BCUT2D eigenvalue weighted by Crippen LogP contribution is 2.21. The lowest BCUT2D eigenvalue weighted by molar-refractivity contribution is 0.528. The van der Waals surface area contributed by atoms with Crippen molar-refractivity contribution in [3.8, 4) is 0 Å². The van der Waals surface area contributed by atoms with E-state index >= 15 is 0 Å². The Labute approximate surface area is 79.4 Å². The van der Waals surface area contributed by atoms with Crippen molar-refractivity contribution in [3.63, 3.8) is 0 Å². The van der Waals surface area contributed by atoms with Gasteiger partial charge in [-0.05, 0) is 15.9 Å². The lowest BCUT2D eigenvalue weighted by atomic mass is 9.93. The SMILES string of the molecule is CC(C)(C)c1cnc(F)c(Br)n1. The van der Waals surface area contributed by atoms with Gasteiger partial charge in [0.1, 0.15) is 0 Å². The van der Waals surface area contributed by atoms with Gasteiger partial charge in [0, 0.05) is 5.41 Å². The first kappa shape index (κ1) is 9.58. The molecule has 1 rings (SSSR count). The van der Waals surface area contributed by atoms with Crippen molar-refractivity contribution in [1.82, 2.24) is 9.97 Å². The zero-order valence-corrected chi connectivity index (χ0v) is 8.81. The van der Waals surface area contributed by atoms with Gasteiger partial charge in [0.15, 0.2) is 4.60 Å². The number of hydrogen-bond donors (Lipinski definition) is 0. The second-order valence-electron chi connectivity index (χ2n) is 3.59. The monoisotopic (exact) mass is 232 g/mol. The molecule has 0 N–H and O–H groups in total. The Morgan fingerprint density at radius 2 is 2.00 bits per heavy atom. The quantitative estimate of drug-likeness (QED) is 0.688. The normalized spacial score (nSPS) is 11.8. The zero-order chi connectivity index (χ0) is 9.35. The predicted molar refractivity (Wildman–Crippen MR) is 48.4 cm³/mol. The molecule has 1 heterocycles. The second kappa shape index (κ2) is 3.09. The molecule has 12 heavy (non-hydrogen) atoms. The molecule has 0 spiro atoms. The van der Waals surface area contributed by atoms with E-state index < -0.39 is 5.95 Å². The van der Waals surface area contributed by atoms with E-state index in [9.17, 15) is 4.39 Å². The van der Waals surface area contributed by atoms with Crippen molar-refractivity contribution in [2.24, 2.45) is 0 Å². The molecule has 0 aliphatic rings. The van der Waals surface area contributed by atoms with E-state index in [1.807, 2.05) is 20.8 Å². The summed E-state index contributed by atoms with van der Waals surface area (Å²) in [6.45, 7) is 6.00. The molecule has 0 fully saturated rings. The van der Waals surface area contributed by atoms with Crippen molar-refractivity contribution in [1.29, 1.82) is 0 Å². The summed E-state index contributed by atoms with van der Waals surface area (Å²) in [6, 6.07) is 0. The van der Waals surface area contributed by atoms with Crippen LogP contribution in [0.15, 0.2) is 10.8 Å².